The second kappa shape index (κ2) is 8.03. The number of benzene rings is 1. The molecule has 1 aromatic carbocycles. The van der Waals surface area contributed by atoms with Gasteiger partial charge in [-0.25, -0.2) is 0 Å². The SMILES string of the molecule is CN(C)CCN1C(=O)C(NC(=O)c2ccc(Cl)cc2)C(C)(C)SC1=S. The zero-order chi connectivity index (χ0) is 18.8. The Morgan fingerprint density at radius 2 is 1.96 bits per heavy atom. The van der Waals surface area contributed by atoms with Crippen LogP contribution < -0.4 is 5.32 Å². The molecule has 0 saturated carbocycles. The average molecular weight is 400 g/mol. The monoisotopic (exact) mass is 399 g/mol. The van der Waals surface area contributed by atoms with Crippen LogP contribution in [0.3, 0.4) is 0 Å². The molecule has 0 aromatic heterocycles. The van der Waals surface area contributed by atoms with Gasteiger partial charge in [0.05, 0.1) is 0 Å². The van der Waals surface area contributed by atoms with Crippen molar-refractivity contribution in [1.82, 2.24) is 15.1 Å². The summed E-state index contributed by atoms with van der Waals surface area (Å²) in [6.07, 6.45) is 0. The van der Waals surface area contributed by atoms with Crippen molar-refractivity contribution in [1.29, 1.82) is 0 Å². The predicted octanol–water partition coefficient (Wildman–Crippen LogP) is 2.64. The molecule has 136 valence electrons. The van der Waals surface area contributed by atoms with Gasteiger partial charge in [-0.05, 0) is 52.2 Å². The van der Waals surface area contributed by atoms with Crippen molar-refractivity contribution >= 4 is 51.7 Å². The number of rotatable bonds is 5. The van der Waals surface area contributed by atoms with Crippen LogP contribution in [0.15, 0.2) is 24.3 Å². The molecule has 1 aliphatic heterocycles. The molecule has 0 spiro atoms. The Labute approximate surface area is 163 Å². The smallest absolute Gasteiger partial charge is 0.252 e. The number of hydrogen-bond acceptors (Lipinski definition) is 5. The van der Waals surface area contributed by atoms with Crippen molar-refractivity contribution in [3.63, 3.8) is 0 Å². The van der Waals surface area contributed by atoms with Crippen molar-refractivity contribution in [3.05, 3.63) is 34.9 Å². The largest absolute Gasteiger partial charge is 0.339 e. The Kier molecular flexibility index (Phi) is 6.48. The summed E-state index contributed by atoms with van der Waals surface area (Å²) in [7, 11) is 3.88. The lowest BCUT2D eigenvalue weighted by atomic mass is 10.0. The first kappa shape index (κ1) is 20.2. The molecule has 5 nitrogen and oxygen atoms in total. The minimum atomic E-state index is -0.658. The van der Waals surface area contributed by atoms with Crippen molar-refractivity contribution in [2.75, 3.05) is 27.2 Å². The molecule has 1 N–H and O–H groups in total. The van der Waals surface area contributed by atoms with Crippen molar-refractivity contribution in [2.45, 2.75) is 24.6 Å². The highest BCUT2D eigenvalue weighted by Crippen LogP contribution is 2.36. The fraction of sp³-hybridized carbons (Fsp3) is 0.471. The third-order valence-electron chi connectivity index (χ3n) is 3.93. The third kappa shape index (κ3) is 4.94. The number of thiocarbonyl (C=S) groups is 1. The maximum atomic E-state index is 13.0. The minimum Gasteiger partial charge on any atom is -0.339 e. The molecule has 1 saturated heterocycles. The van der Waals surface area contributed by atoms with E-state index in [2.05, 4.69) is 5.32 Å². The molecule has 8 heteroatoms. The Bertz CT molecular complexity index is 677. The van der Waals surface area contributed by atoms with E-state index in [9.17, 15) is 9.59 Å². The lowest BCUT2D eigenvalue weighted by Crippen LogP contribution is -2.62. The van der Waals surface area contributed by atoms with E-state index >= 15 is 0 Å². The number of halogens is 1. The van der Waals surface area contributed by atoms with Crippen LogP contribution in [0, 0.1) is 0 Å². The summed E-state index contributed by atoms with van der Waals surface area (Å²) in [5, 5.41) is 3.42. The van der Waals surface area contributed by atoms with Crippen LogP contribution in [0.2, 0.25) is 5.02 Å². The molecule has 1 aromatic rings. The minimum absolute atomic E-state index is 0.169. The number of hydrogen-bond donors (Lipinski definition) is 1. The fourth-order valence-corrected chi connectivity index (χ4v) is 4.41. The number of carbonyl (C=O) groups is 2. The number of carbonyl (C=O) groups excluding carboxylic acids is 2. The van der Waals surface area contributed by atoms with E-state index < -0.39 is 10.8 Å². The summed E-state index contributed by atoms with van der Waals surface area (Å²) in [4.78, 5) is 29.1. The second-order valence-corrected chi connectivity index (χ2v) is 9.40. The van der Waals surface area contributed by atoms with Crippen LogP contribution in [-0.2, 0) is 4.79 Å². The summed E-state index contributed by atoms with van der Waals surface area (Å²) in [6.45, 7) is 5.03. The van der Waals surface area contributed by atoms with Gasteiger partial charge < -0.3 is 10.2 Å². The van der Waals surface area contributed by atoms with Gasteiger partial charge in [-0.1, -0.05) is 35.6 Å². The van der Waals surface area contributed by atoms with Crippen LogP contribution >= 0.6 is 35.6 Å². The fourth-order valence-electron chi connectivity index (χ4n) is 2.43. The van der Waals surface area contributed by atoms with E-state index in [1.54, 1.807) is 29.2 Å². The normalized spacial score (nSPS) is 20.1. The molecule has 0 radical (unpaired) electrons. The molecule has 0 bridgehead atoms. The van der Waals surface area contributed by atoms with Gasteiger partial charge >= 0.3 is 0 Å². The molecule has 25 heavy (non-hydrogen) atoms. The Hall–Kier alpha value is -1.15. The highest BCUT2D eigenvalue weighted by atomic mass is 35.5. The highest BCUT2D eigenvalue weighted by Gasteiger charge is 2.46. The molecular weight excluding hydrogens is 378 g/mol. The highest BCUT2D eigenvalue weighted by molar-refractivity contribution is 8.24. The number of nitrogens with zero attached hydrogens (tertiary/aromatic N) is 2. The Morgan fingerprint density at radius 3 is 2.52 bits per heavy atom. The molecule has 0 aliphatic carbocycles. The van der Waals surface area contributed by atoms with E-state index in [-0.39, 0.29) is 11.8 Å². The van der Waals surface area contributed by atoms with Gasteiger partial charge in [-0.3, -0.25) is 14.5 Å². The van der Waals surface area contributed by atoms with E-state index in [0.717, 1.165) is 0 Å². The number of amides is 2. The van der Waals surface area contributed by atoms with E-state index in [4.69, 9.17) is 23.8 Å². The molecule has 1 unspecified atom stereocenters. The predicted molar refractivity (Wildman–Crippen MR) is 107 cm³/mol. The Morgan fingerprint density at radius 1 is 1.36 bits per heavy atom. The summed E-state index contributed by atoms with van der Waals surface area (Å²) in [6, 6.07) is 5.92. The summed E-state index contributed by atoms with van der Waals surface area (Å²) >= 11 is 12.7. The molecule has 1 atom stereocenters. The molecule has 2 amide bonds. The lowest BCUT2D eigenvalue weighted by Gasteiger charge is -2.42. The summed E-state index contributed by atoms with van der Waals surface area (Å²) in [5.41, 5.74) is 0.464. The summed E-state index contributed by atoms with van der Waals surface area (Å²) in [5.74, 6) is -0.470. The first-order valence-corrected chi connectivity index (χ1v) is 9.47. The first-order chi connectivity index (χ1) is 11.6. The van der Waals surface area contributed by atoms with Gasteiger partial charge in [0.25, 0.3) is 11.8 Å². The van der Waals surface area contributed by atoms with Crippen molar-refractivity contribution in [3.8, 4) is 0 Å². The van der Waals surface area contributed by atoms with Crippen molar-refractivity contribution in [2.24, 2.45) is 0 Å². The third-order valence-corrected chi connectivity index (χ3v) is 5.81. The average Bonchev–Trinajstić information content (AvgIpc) is 2.50. The number of thioether (sulfide) groups is 1. The molecular formula is C17H22ClN3O2S2. The summed E-state index contributed by atoms with van der Waals surface area (Å²) < 4.78 is 0.0269. The first-order valence-electron chi connectivity index (χ1n) is 7.87. The van der Waals surface area contributed by atoms with Crippen molar-refractivity contribution < 1.29 is 9.59 Å². The zero-order valence-electron chi connectivity index (χ0n) is 14.7. The second-order valence-electron chi connectivity index (χ2n) is 6.68. The van der Waals surface area contributed by atoms with Crippen LogP contribution in [-0.4, -0.2) is 63.9 Å². The van der Waals surface area contributed by atoms with Gasteiger partial charge in [-0.15, -0.1) is 0 Å². The van der Waals surface area contributed by atoms with Crippen LogP contribution in [0.4, 0.5) is 0 Å². The quantitative estimate of drug-likeness (QED) is 0.771. The van der Waals surface area contributed by atoms with E-state index in [1.165, 1.54) is 11.8 Å². The van der Waals surface area contributed by atoms with E-state index in [0.29, 0.717) is 28.0 Å². The number of likely N-dealkylation sites (N-methyl/N-ethyl adjacent to an activating group) is 1. The zero-order valence-corrected chi connectivity index (χ0v) is 17.1. The topological polar surface area (TPSA) is 52.6 Å². The van der Waals surface area contributed by atoms with Crippen LogP contribution in [0.25, 0.3) is 0 Å². The maximum absolute atomic E-state index is 13.0. The molecule has 2 rings (SSSR count). The van der Waals surface area contributed by atoms with Gasteiger partial charge in [0.1, 0.15) is 10.4 Å². The van der Waals surface area contributed by atoms with Gasteiger partial charge in [-0.2, -0.15) is 0 Å². The number of nitrogens with one attached hydrogen (secondary N) is 1. The molecule has 1 aliphatic rings. The maximum Gasteiger partial charge on any atom is 0.252 e. The van der Waals surface area contributed by atoms with Gasteiger partial charge in [0.15, 0.2) is 0 Å². The molecule has 1 fully saturated rings. The standard InChI is InChI=1S/C17H22ClN3O2S2/c1-17(2)13(19-14(22)11-5-7-12(18)8-6-11)15(23)21(16(24)25-17)10-9-20(3)4/h5-8,13H,9-10H2,1-4H3,(H,19,22). The van der Waals surface area contributed by atoms with Crippen LogP contribution in [0.1, 0.15) is 24.2 Å². The van der Waals surface area contributed by atoms with Gasteiger partial charge in [0, 0.05) is 28.4 Å². The Balaban J connectivity index is 2.18. The van der Waals surface area contributed by atoms with Gasteiger partial charge in [0.2, 0.25) is 0 Å². The lowest BCUT2D eigenvalue weighted by molar-refractivity contribution is -0.130. The van der Waals surface area contributed by atoms with Crippen LogP contribution in [0.5, 0.6) is 0 Å². The molecule has 1 heterocycles. The van der Waals surface area contributed by atoms with E-state index in [1.807, 2.05) is 32.8 Å².